The zero-order chi connectivity index (χ0) is 15.5. The van der Waals surface area contributed by atoms with E-state index >= 15 is 0 Å². The summed E-state index contributed by atoms with van der Waals surface area (Å²) in [5, 5.41) is 3.41. The van der Waals surface area contributed by atoms with Gasteiger partial charge in [0.15, 0.2) is 0 Å². The lowest BCUT2D eigenvalue weighted by atomic mass is 10.1. The van der Waals surface area contributed by atoms with Gasteiger partial charge in [-0.3, -0.25) is 0 Å². The van der Waals surface area contributed by atoms with Gasteiger partial charge in [-0.15, -0.1) is 0 Å². The van der Waals surface area contributed by atoms with Crippen LogP contribution in [0.15, 0.2) is 18.2 Å². The Balaban J connectivity index is 2.59. The van der Waals surface area contributed by atoms with Gasteiger partial charge in [0.1, 0.15) is 18.1 Å². The minimum atomic E-state index is 0.247. The molecule has 0 aliphatic carbocycles. The normalized spacial score (nSPS) is 12.2. The van der Waals surface area contributed by atoms with Gasteiger partial charge in [-0.05, 0) is 26.0 Å². The van der Waals surface area contributed by atoms with Gasteiger partial charge < -0.3 is 19.5 Å². The maximum Gasteiger partial charge on any atom is 0.127 e. The molecule has 0 aliphatic rings. The van der Waals surface area contributed by atoms with Crippen molar-refractivity contribution in [1.29, 1.82) is 0 Å². The number of methoxy groups -OCH3 is 1. The number of unbranched alkanes of at least 4 members (excludes halogenated alkanes) is 1. The summed E-state index contributed by atoms with van der Waals surface area (Å²) >= 11 is 0. The highest BCUT2D eigenvalue weighted by Gasteiger charge is 2.12. The Morgan fingerprint density at radius 2 is 1.95 bits per heavy atom. The van der Waals surface area contributed by atoms with Gasteiger partial charge in [0.2, 0.25) is 0 Å². The van der Waals surface area contributed by atoms with Crippen molar-refractivity contribution in [2.24, 2.45) is 0 Å². The molecule has 0 heterocycles. The van der Waals surface area contributed by atoms with Crippen LogP contribution >= 0.6 is 0 Å². The van der Waals surface area contributed by atoms with Crippen LogP contribution in [0.2, 0.25) is 0 Å². The van der Waals surface area contributed by atoms with E-state index in [0.717, 1.165) is 43.1 Å². The van der Waals surface area contributed by atoms with Gasteiger partial charge >= 0.3 is 0 Å². The molecule has 0 amide bonds. The van der Waals surface area contributed by atoms with E-state index in [1.54, 1.807) is 7.11 Å². The van der Waals surface area contributed by atoms with E-state index in [-0.39, 0.29) is 6.04 Å². The standard InChI is InChI=1S/C17H29NO3/c1-5-7-10-20-11-12-21-17-13-15(19-4)8-9-16(17)14(3)18-6-2/h8-9,13-14,18H,5-7,10-12H2,1-4H3. The SMILES string of the molecule is CCCCOCCOc1cc(OC)ccc1C(C)NCC. The fourth-order valence-electron chi connectivity index (χ4n) is 2.10. The van der Waals surface area contributed by atoms with Crippen molar-refractivity contribution in [3.63, 3.8) is 0 Å². The summed E-state index contributed by atoms with van der Waals surface area (Å²) in [7, 11) is 1.67. The number of hydrogen-bond donors (Lipinski definition) is 1. The smallest absolute Gasteiger partial charge is 0.127 e. The average Bonchev–Trinajstić information content (AvgIpc) is 2.50. The summed E-state index contributed by atoms with van der Waals surface area (Å²) in [6.07, 6.45) is 2.25. The van der Waals surface area contributed by atoms with Crippen LogP contribution in [-0.4, -0.2) is 33.5 Å². The molecule has 0 aromatic heterocycles. The quantitative estimate of drug-likeness (QED) is 0.634. The molecule has 21 heavy (non-hydrogen) atoms. The second kappa shape index (κ2) is 10.5. The first-order chi connectivity index (χ1) is 10.2. The minimum Gasteiger partial charge on any atom is -0.497 e. The average molecular weight is 295 g/mol. The number of ether oxygens (including phenoxy) is 3. The molecule has 0 aliphatic heterocycles. The van der Waals surface area contributed by atoms with Crippen molar-refractivity contribution in [3.05, 3.63) is 23.8 Å². The largest absolute Gasteiger partial charge is 0.497 e. The van der Waals surface area contributed by atoms with Crippen LogP contribution in [0.1, 0.15) is 45.2 Å². The predicted molar refractivity (Wildman–Crippen MR) is 86.3 cm³/mol. The van der Waals surface area contributed by atoms with Gasteiger partial charge in [-0.25, -0.2) is 0 Å². The fourth-order valence-corrected chi connectivity index (χ4v) is 2.10. The van der Waals surface area contributed by atoms with Crippen LogP contribution < -0.4 is 14.8 Å². The molecule has 1 atom stereocenters. The Morgan fingerprint density at radius 3 is 2.62 bits per heavy atom. The molecule has 4 heteroatoms. The first-order valence-corrected chi connectivity index (χ1v) is 7.84. The Bertz CT molecular complexity index is 396. The van der Waals surface area contributed by atoms with Crippen molar-refractivity contribution < 1.29 is 14.2 Å². The van der Waals surface area contributed by atoms with Crippen molar-refractivity contribution in [1.82, 2.24) is 5.32 Å². The number of hydrogen-bond acceptors (Lipinski definition) is 4. The van der Waals surface area contributed by atoms with E-state index in [4.69, 9.17) is 14.2 Å². The third-order valence-electron chi connectivity index (χ3n) is 3.33. The molecule has 120 valence electrons. The van der Waals surface area contributed by atoms with Crippen molar-refractivity contribution in [2.75, 3.05) is 33.5 Å². The summed E-state index contributed by atoms with van der Waals surface area (Å²) < 4.78 is 16.7. The third kappa shape index (κ3) is 6.36. The van der Waals surface area contributed by atoms with Gasteiger partial charge in [0.05, 0.1) is 13.7 Å². The van der Waals surface area contributed by atoms with E-state index in [0.29, 0.717) is 13.2 Å². The van der Waals surface area contributed by atoms with Crippen LogP contribution in [0, 0.1) is 0 Å². The minimum absolute atomic E-state index is 0.247. The lowest BCUT2D eigenvalue weighted by molar-refractivity contribution is 0.0974. The molecule has 1 unspecified atom stereocenters. The Labute approximate surface area is 128 Å². The first-order valence-electron chi connectivity index (χ1n) is 7.84. The van der Waals surface area contributed by atoms with Crippen molar-refractivity contribution in [3.8, 4) is 11.5 Å². The maximum absolute atomic E-state index is 5.88. The van der Waals surface area contributed by atoms with Gasteiger partial charge in [-0.2, -0.15) is 0 Å². The van der Waals surface area contributed by atoms with Crippen LogP contribution in [0.3, 0.4) is 0 Å². The molecule has 0 saturated heterocycles. The van der Waals surface area contributed by atoms with Crippen molar-refractivity contribution >= 4 is 0 Å². The Hall–Kier alpha value is -1.26. The molecule has 1 rings (SSSR count). The first kappa shape index (κ1) is 17.8. The van der Waals surface area contributed by atoms with E-state index in [1.165, 1.54) is 0 Å². The van der Waals surface area contributed by atoms with Crippen LogP contribution in [0.4, 0.5) is 0 Å². The van der Waals surface area contributed by atoms with Crippen LogP contribution in [-0.2, 0) is 4.74 Å². The second-order valence-corrected chi connectivity index (χ2v) is 5.00. The summed E-state index contributed by atoms with van der Waals surface area (Å²) in [6.45, 7) is 9.29. The van der Waals surface area contributed by atoms with E-state index in [9.17, 15) is 0 Å². The molecule has 1 aromatic carbocycles. The molecular weight excluding hydrogens is 266 g/mol. The summed E-state index contributed by atoms with van der Waals surface area (Å²) in [6, 6.07) is 6.21. The van der Waals surface area contributed by atoms with Gasteiger partial charge in [-0.1, -0.05) is 26.3 Å². The van der Waals surface area contributed by atoms with Crippen molar-refractivity contribution in [2.45, 2.75) is 39.7 Å². The molecule has 0 spiro atoms. The number of benzene rings is 1. The monoisotopic (exact) mass is 295 g/mol. The lowest BCUT2D eigenvalue weighted by Crippen LogP contribution is -2.19. The van der Waals surface area contributed by atoms with Crippen LogP contribution in [0.5, 0.6) is 11.5 Å². The Kier molecular flexibility index (Phi) is 8.87. The zero-order valence-electron chi connectivity index (χ0n) is 13.8. The van der Waals surface area contributed by atoms with Gasteiger partial charge in [0.25, 0.3) is 0 Å². The van der Waals surface area contributed by atoms with E-state index in [1.807, 2.05) is 12.1 Å². The predicted octanol–water partition coefficient (Wildman–Crippen LogP) is 3.56. The van der Waals surface area contributed by atoms with Gasteiger partial charge in [0, 0.05) is 24.3 Å². The second-order valence-electron chi connectivity index (χ2n) is 5.00. The molecule has 4 nitrogen and oxygen atoms in total. The summed E-state index contributed by atoms with van der Waals surface area (Å²) in [5.74, 6) is 1.67. The molecule has 0 fully saturated rings. The summed E-state index contributed by atoms with van der Waals surface area (Å²) in [5.41, 5.74) is 1.14. The van der Waals surface area contributed by atoms with E-state index in [2.05, 4.69) is 32.2 Å². The summed E-state index contributed by atoms with van der Waals surface area (Å²) in [4.78, 5) is 0. The molecule has 0 bridgehead atoms. The molecule has 1 N–H and O–H groups in total. The zero-order valence-corrected chi connectivity index (χ0v) is 13.8. The van der Waals surface area contributed by atoms with E-state index < -0.39 is 0 Å². The molecule has 1 aromatic rings. The number of rotatable bonds is 11. The third-order valence-corrected chi connectivity index (χ3v) is 3.33. The Morgan fingerprint density at radius 1 is 1.14 bits per heavy atom. The topological polar surface area (TPSA) is 39.7 Å². The maximum atomic E-state index is 5.88. The molecular formula is C17H29NO3. The lowest BCUT2D eigenvalue weighted by Gasteiger charge is -2.18. The van der Waals surface area contributed by atoms with Crippen LogP contribution in [0.25, 0.3) is 0 Å². The molecule has 0 saturated carbocycles. The number of nitrogens with one attached hydrogen (secondary N) is 1. The highest BCUT2D eigenvalue weighted by molar-refractivity contribution is 5.42. The highest BCUT2D eigenvalue weighted by atomic mass is 16.5. The highest BCUT2D eigenvalue weighted by Crippen LogP contribution is 2.29. The molecule has 0 radical (unpaired) electrons. The fraction of sp³-hybridized carbons (Fsp3) is 0.647.